The van der Waals surface area contributed by atoms with Crippen LogP contribution in [0.1, 0.15) is 10.6 Å². The number of nitrogens with one attached hydrogen (secondary N) is 3. The number of nitrogens with zero attached hydrogens (tertiary/aromatic N) is 1. The topological polar surface area (TPSA) is 66.0 Å². The van der Waals surface area contributed by atoms with E-state index in [1.807, 2.05) is 0 Å². The van der Waals surface area contributed by atoms with Crippen molar-refractivity contribution in [1.29, 1.82) is 0 Å². The lowest BCUT2D eigenvalue weighted by Gasteiger charge is -2.09. The number of hydrogen-bond donors (Lipinski definition) is 3. The smallest absolute Gasteiger partial charge is 0.311 e. The fourth-order valence-electron chi connectivity index (χ4n) is 2.00. The number of halogens is 1. The van der Waals surface area contributed by atoms with Crippen LogP contribution in [-0.2, 0) is 13.0 Å². The molecule has 2 heterocycles. The largest absolute Gasteiger partial charge is 0.325 e. The molecule has 20 heavy (non-hydrogen) atoms. The highest BCUT2D eigenvalue weighted by Crippen LogP contribution is 2.25. The molecule has 0 fully saturated rings. The Morgan fingerprint density at radius 2 is 2.30 bits per heavy atom. The Hall–Kier alpha value is -1.99. The van der Waals surface area contributed by atoms with Crippen molar-refractivity contribution in [3.63, 3.8) is 0 Å². The normalized spacial score (nSPS) is 13.7. The predicted molar refractivity (Wildman–Crippen MR) is 76.6 cm³/mol. The number of carbonyl (C=O) groups excluding carboxylic acids is 1. The van der Waals surface area contributed by atoms with Crippen LogP contribution in [-0.4, -0.2) is 17.6 Å². The van der Waals surface area contributed by atoms with E-state index in [1.54, 1.807) is 12.1 Å². The minimum atomic E-state index is -0.422. The van der Waals surface area contributed by atoms with Crippen molar-refractivity contribution in [3.8, 4) is 0 Å². The van der Waals surface area contributed by atoms with Gasteiger partial charge in [0.1, 0.15) is 5.82 Å². The number of thiazole rings is 1. The number of rotatable bonds is 2. The van der Waals surface area contributed by atoms with E-state index in [1.165, 1.54) is 23.5 Å². The van der Waals surface area contributed by atoms with Crippen LogP contribution in [0, 0.1) is 5.82 Å². The minimum Gasteiger partial charge on any atom is -0.311 e. The molecule has 0 bridgehead atoms. The molecule has 3 N–H and O–H groups in total. The molecule has 0 unspecified atom stereocenters. The zero-order chi connectivity index (χ0) is 13.9. The summed E-state index contributed by atoms with van der Waals surface area (Å²) >= 11 is 1.46. The van der Waals surface area contributed by atoms with Crippen LogP contribution < -0.4 is 16.0 Å². The summed E-state index contributed by atoms with van der Waals surface area (Å²) in [7, 11) is 0. The maximum absolute atomic E-state index is 13.0. The van der Waals surface area contributed by atoms with Crippen molar-refractivity contribution in [3.05, 3.63) is 40.7 Å². The van der Waals surface area contributed by atoms with E-state index >= 15 is 0 Å². The van der Waals surface area contributed by atoms with Crippen LogP contribution >= 0.6 is 11.3 Å². The highest BCUT2D eigenvalue weighted by atomic mass is 32.1. The summed E-state index contributed by atoms with van der Waals surface area (Å²) in [6.07, 6.45) is 0.874. The van der Waals surface area contributed by atoms with E-state index in [4.69, 9.17) is 0 Å². The first-order valence-electron chi connectivity index (χ1n) is 6.23. The number of anilines is 2. The summed E-state index contributed by atoms with van der Waals surface area (Å²) < 4.78 is 13.0. The van der Waals surface area contributed by atoms with Gasteiger partial charge in [0.15, 0.2) is 5.13 Å². The molecule has 0 spiro atoms. The van der Waals surface area contributed by atoms with E-state index in [2.05, 4.69) is 20.9 Å². The summed E-state index contributed by atoms with van der Waals surface area (Å²) in [6.45, 7) is 1.70. The second-order valence-corrected chi connectivity index (χ2v) is 5.49. The van der Waals surface area contributed by atoms with Crippen LogP contribution in [0.5, 0.6) is 0 Å². The van der Waals surface area contributed by atoms with Gasteiger partial charge >= 0.3 is 6.03 Å². The molecule has 0 saturated carbocycles. The molecule has 0 aliphatic carbocycles. The summed E-state index contributed by atoms with van der Waals surface area (Å²) in [5.74, 6) is -0.390. The van der Waals surface area contributed by atoms with Crippen molar-refractivity contribution in [2.75, 3.05) is 17.2 Å². The predicted octanol–water partition coefficient (Wildman–Crippen LogP) is 2.57. The summed E-state index contributed by atoms with van der Waals surface area (Å²) in [5.41, 5.74) is 1.44. The zero-order valence-corrected chi connectivity index (χ0v) is 11.4. The Morgan fingerprint density at radius 3 is 3.10 bits per heavy atom. The maximum Gasteiger partial charge on any atom is 0.325 e. The van der Waals surface area contributed by atoms with Crippen molar-refractivity contribution in [2.45, 2.75) is 13.0 Å². The molecule has 2 amide bonds. The van der Waals surface area contributed by atoms with Gasteiger partial charge in [0, 0.05) is 30.1 Å². The number of benzene rings is 1. The average molecular weight is 292 g/mol. The first-order valence-corrected chi connectivity index (χ1v) is 7.05. The molecule has 1 aliphatic rings. The molecule has 5 nitrogen and oxygen atoms in total. The monoisotopic (exact) mass is 292 g/mol. The Kier molecular flexibility index (Phi) is 3.62. The van der Waals surface area contributed by atoms with Crippen molar-refractivity contribution in [2.24, 2.45) is 0 Å². The molecule has 1 aromatic carbocycles. The van der Waals surface area contributed by atoms with Crippen LogP contribution in [0.3, 0.4) is 0 Å². The van der Waals surface area contributed by atoms with Crippen molar-refractivity contribution < 1.29 is 9.18 Å². The lowest BCUT2D eigenvalue weighted by Crippen LogP contribution is -2.22. The molecule has 0 radical (unpaired) electrons. The van der Waals surface area contributed by atoms with E-state index < -0.39 is 11.8 Å². The first kappa shape index (κ1) is 13.0. The zero-order valence-electron chi connectivity index (χ0n) is 10.6. The molecule has 7 heteroatoms. The van der Waals surface area contributed by atoms with Crippen LogP contribution in [0.15, 0.2) is 24.3 Å². The van der Waals surface area contributed by atoms with E-state index in [0.29, 0.717) is 10.8 Å². The molecule has 1 aromatic heterocycles. The Labute approximate surface area is 119 Å². The number of amides is 2. The third-order valence-corrected chi connectivity index (χ3v) is 3.92. The molecule has 3 rings (SSSR count). The van der Waals surface area contributed by atoms with Crippen molar-refractivity contribution in [1.82, 2.24) is 10.3 Å². The maximum atomic E-state index is 13.0. The summed E-state index contributed by atoms with van der Waals surface area (Å²) in [5, 5.41) is 9.06. The number of aromatic nitrogens is 1. The molecule has 2 aromatic rings. The van der Waals surface area contributed by atoms with Crippen molar-refractivity contribution >= 4 is 28.2 Å². The average Bonchev–Trinajstić information content (AvgIpc) is 2.80. The van der Waals surface area contributed by atoms with Gasteiger partial charge in [0.05, 0.1) is 5.69 Å². The fraction of sp³-hybridized carbons (Fsp3) is 0.231. The summed E-state index contributed by atoms with van der Waals surface area (Å²) in [6, 6.07) is 5.33. The standard InChI is InChI=1S/C13H13FN4OS/c14-8-2-1-3-9(6-8)16-12(19)18-13-17-10-4-5-15-7-11(10)20-13/h1-3,6,15H,4-5,7H2,(H2,16,17,18,19). The Morgan fingerprint density at radius 1 is 1.40 bits per heavy atom. The minimum absolute atomic E-state index is 0.390. The van der Waals surface area contributed by atoms with E-state index in [-0.39, 0.29) is 0 Å². The Bertz CT molecular complexity index is 620. The molecular formula is C13H13FN4OS. The molecule has 0 atom stereocenters. The lowest BCUT2D eigenvalue weighted by molar-refractivity contribution is 0.262. The quantitative estimate of drug-likeness (QED) is 0.797. The molecule has 0 saturated heterocycles. The fourth-order valence-corrected chi connectivity index (χ4v) is 2.98. The number of fused-ring (bicyclic) bond motifs is 1. The van der Waals surface area contributed by atoms with Gasteiger partial charge in [-0.25, -0.2) is 14.2 Å². The summed E-state index contributed by atoms with van der Waals surface area (Å²) in [4.78, 5) is 17.3. The van der Waals surface area contributed by atoms with Gasteiger partial charge in [-0.1, -0.05) is 6.07 Å². The van der Waals surface area contributed by atoms with Gasteiger partial charge in [0.2, 0.25) is 0 Å². The van der Waals surface area contributed by atoms with Gasteiger partial charge < -0.3 is 10.6 Å². The highest BCUT2D eigenvalue weighted by Gasteiger charge is 2.15. The van der Waals surface area contributed by atoms with Gasteiger partial charge in [0.25, 0.3) is 0 Å². The second-order valence-electron chi connectivity index (χ2n) is 4.41. The lowest BCUT2D eigenvalue weighted by atomic mass is 10.2. The Balaban J connectivity index is 1.65. The van der Waals surface area contributed by atoms with Crippen LogP contribution in [0.4, 0.5) is 20.0 Å². The van der Waals surface area contributed by atoms with Gasteiger partial charge in [-0.05, 0) is 18.2 Å². The third-order valence-electron chi connectivity index (χ3n) is 2.91. The number of carbonyl (C=O) groups is 1. The van der Waals surface area contributed by atoms with Crippen LogP contribution in [0.2, 0.25) is 0 Å². The number of urea groups is 1. The second kappa shape index (κ2) is 5.56. The SMILES string of the molecule is O=C(Nc1cccc(F)c1)Nc1nc2c(s1)CNCC2. The number of hydrogen-bond acceptors (Lipinski definition) is 4. The first-order chi connectivity index (χ1) is 9.70. The van der Waals surface area contributed by atoms with Crippen LogP contribution in [0.25, 0.3) is 0 Å². The molecular weight excluding hydrogens is 279 g/mol. The van der Waals surface area contributed by atoms with Gasteiger partial charge in [-0.3, -0.25) is 5.32 Å². The molecule has 104 valence electrons. The molecule has 1 aliphatic heterocycles. The van der Waals surface area contributed by atoms with E-state index in [0.717, 1.165) is 30.1 Å². The highest BCUT2D eigenvalue weighted by molar-refractivity contribution is 7.15. The van der Waals surface area contributed by atoms with Gasteiger partial charge in [-0.2, -0.15) is 0 Å². The van der Waals surface area contributed by atoms with Gasteiger partial charge in [-0.15, -0.1) is 11.3 Å². The third kappa shape index (κ3) is 2.94. The van der Waals surface area contributed by atoms with E-state index in [9.17, 15) is 9.18 Å².